The van der Waals surface area contributed by atoms with Gasteiger partial charge in [-0.2, -0.15) is 0 Å². The number of hydrogen-bond acceptors (Lipinski definition) is 49. The van der Waals surface area contributed by atoms with Crippen molar-refractivity contribution in [3.8, 4) is 0 Å². The first kappa shape index (κ1) is 151. The topological polar surface area (TPSA) is 559 Å². The number of carbonyl (C=O) groups excluding carboxylic acids is 5. The largest absolute Gasteiger partial charge is 0.481 e. The number of hydrogen-bond donors (Lipinski definition) is 3. The predicted octanol–water partition coefficient (Wildman–Crippen LogP) is 1.77. The van der Waals surface area contributed by atoms with E-state index in [1.54, 1.807) is 21.0 Å². The van der Waals surface area contributed by atoms with Crippen LogP contribution in [0.5, 0.6) is 0 Å². The number of carboxylic acid groups (broad SMARTS) is 2. The summed E-state index contributed by atoms with van der Waals surface area (Å²) in [6, 6.07) is 0. The molecule has 0 unspecified atom stereocenters. The van der Waals surface area contributed by atoms with Gasteiger partial charge in [0.25, 0.3) is 0 Å². The summed E-state index contributed by atoms with van der Waals surface area (Å²) in [6.45, 7) is 52.0. The smallest absolute Gasteiger partial charge is 0.333 e. The zero-order valence-corrected chi connectivity index (χ0v) is 89.2. The van der Waals surface area contributed by atoms with Crippen LogP contribution in [0.4, 0.5) is 0 Å². The number of esters is 5. The van der Waals surface area contributed by atoms with Gasteiger partial charge in [0.05, 0.1) is 483 Å². The van der Waals surface area contributed by atoms with E-state index in [2.05, 4.69) is 42.4 Å². The Bertz CT molecular complexity index is 2810. The van der Waals surface area contributed by atoms with E-state index < -0.39 is 35.8 Å². The highest BCUT2D eigenvalue weighted by atomic mass is 16.7. The molecule has 0 aromatic heterocycles. The van der Waals surface area contributed by atoms with Gasteiger partial charge >= 0.3 is 41.8 Å². The van der Waals surface area contributed by atoms with E-state index in [1.807, 2.05) is 0 Å². The van der Waals surface area contributed by atoms with Crippen molar-refractivity contribution in [1.29, 1.82) is 0 Å². The molecule has 0 bridgehead atoms. The molecule has 880 valence electrons. The van der Waals surface area contributed by atoms with Crippen LogP contribution >= 0.6 is 0 Å². The molecule has 0 aliphatic heterocycles. The molecule has 0 aliphatic carbocycles. The molecule has 0 aromatic rings. The second-order valence-corrected chi connectivity index (χ2v) is 28.4. The maximum absolute atomic E-state index is 11.1. The van der Waals surface area contributed by atoms with Crippen molar-refractivity contribution in [1.82, 2.24) is 0 Å². The molecule has 3 N–H and O–H groups in total. The standard InChI is InChI=1S/C46H88O24.C21H38O12.C19H36O9.C7H12O4.C5H8O2/c1-2-46(49)70-44-43-69-42-41-68-40-39-67-38-37-66-36-35-65-34-33-64-32-31-63-30-29-62-28-27-61-26-25-60-24-23-59-22-21-58-20-19-57-18-17-56-16-15-55-14-13-54-12-11-53-10-9-52-8-7-51-6-5-50-4-3-45(47)48;1-2-21(24)33-18-17-31-14-13-29-10-9-27-6-5-25-3-4-26-7-8-28-11-12-30-15-16-32-19-20(22)23;1-18(2)19(20)28-17-16-27-15-14-26-13-12-25-11-10-24-9-8-23-7-6-22-5-4-21-3;1-2-7(9)11-6-5-10-4-3-8;1-4(2)5(6)7-3/h2H,1,3-44H2,(H,47,48);2H,1,3-19H2,(H,22,23);1,4-17H2,2-3H3;2,8H,1,3-6H2;1H2,2-3H3. The molecular formula is C98H182O51. The molecule has 0 radical (unpaired) electrons. The molecule has 0 heterocycles. The van der Waals surface area contributed by atoms with Gasteiger partial charge in [-0.1, -0.05) is 32.9 Å². The van der Waals surface area contributed by atoms with Gasteiger partial charge in [-0.3, -0.25) is 4.79 Å². The fourth-order valence-electron chi connectivity index (χ4n) is 8.92. The van der Waals surface area contributed by atoms with Gasteiger partial charge in [-0.25, -0.2) is 28.8 Å². The number of carbonyl (C=O) groups is 7. The van der Waals surface area contributed by atoms with Crippen LogP contribution in [0.3, 0.4) is 0 Å². The van der Waals surface area contributed by atoms with Crippen molar-refractivity contribution in [2.75, 3.05) is 516 Å². The van der Waals surface area contributed by atoms with Crippen LogP contribution in [0.1, 0.15) is 20.3 Å². The number of ether oxygens (including phenoxy) is 41. The summed E-state index contributed by atoms with van der Waals surface area (Å²) in [6.07, 6.45) is 3.30. The van der Waals surface area contributed by atoms with Crippen LogP contribution < -0.4 is 0 Å². The zero-order chi connectivity index (χ0) is 110. The molecule has 0 rings (SSSR count). The van der Waals surface area contributed by atoms with Crippen molar-refractivity contribution in [3.63, 3.8) is 0 Å². The van der Waals surface area contributed by atoms with Crippen molar-refractivity contribution in [3.05, 3.63) is 62.3 Å². The summed E-state index contributed by atoms with van der Waals surface area (Å²) in [7, 11) is 2.97. The molecule has 0 spiro atoms. The highest BCUT2D eigenvalue weighted by Gasteiger charge is 2.08. The molecule has 51 heteroatoms. The summed E-state index contributed by atoms with van der Waals surface area (Å²) in [5.74, 6) is -4.02. The van der Waals surface area contributed by atoms with E-state index in [0.717, 1.165) is 18.2 Å². The normalized spacial score (nSPS) is 10.9. The lowest BCUT2D eigenvalue weighted by Gasteiger charge is -2.09. The van der Waals surface area contributed by atoms with Crippen LogP contribution in [0.15, 0.2) is 62.3 Å². The first-order valence-corrected chi connectivity index (χ1v) is 49.7. The molecule has 0 aliphatic rings. The lowest BCUT2D eigenvalue weighted by atomic mass is 10.4. The molecule has 0 atom stereocenters. The number of carboxylic acids is 2. The minimum atomic E-state index is -0.999. The molecule has 0 amide bonds. The third kappa shape index (κ3) is 152. The molecule has 0 saturated heterocycles. The summed E-state index contributed by atoms with van der Waals surface area (Å²) in [4.78, 5) is 73.9. The molecule has 0 fully saturated rings. The van der Waals surface area contributed by atoms with Crippen molar-refractivity contribution in [2.24, 2.45) is 0 Å². The first-order valence-electron chi connectivity index (χ1n) is 49.7. The Kier molecular flexibility index (Phi) is 141. The average molecular weight is 2180 g/mol. The minimum Gasteiger partial charge on any atom is -0.481 e. The van der Waals surface area contributed by atoms with Gasteiger partial charge in [0.1, 0.15) is 33.0 Å². The number of methoxy groups -OCH3 is 2. The van der Waals surface area contributed by atoms with Gasteiger partial charge in [0.2, 0.25) is 0 Å². The van der Waals surface area contributed by atoms with Crippen molar-refractivity contribution >= 4 is 41.8 Å². The van der Waals surface area contributed by atoms with E-state index in [1.165, 1.54) is 7.11 Å². The van der Waals surface area contributed by atoms with E-state index in [0.29, 0.717) is 454 Å². The second-order valence-electron chi connectivity index (χ2n) is 28.4. The summed E-state index contributed by atoms with van der Waals surface area (Å²) >= 11 is 0. The summed E-state index contributed by atoms with van der Waals surface area (Å²) in [5.41, 5.74) is 0.809. The van der Waals surface area contributed by atoms with Crippen LogP contribution in [0, 0.1) is 0 Å². The minimum absolute atomic E-state index is 0.00979. The Labute approximate surface area is 880 Å². The summed E-state index contributed by atoms with van der Waals surface area (Å²) < 4.78 is 216. The lowest BCUT2D eigenvalue weighted by Crippen LogP contribution is -2.16. The van der Waals surface area contributed by atoms with Gasteiger partial charge in [-0.15, -0.1) is 0 Å². The van der Waals surface area contributed by atoms with Crippen molar-refractivity contribution < 1.29 is 243 Å². The molecule has 51 nitrogen and oxygen atoms in total. The lowest BCUT2D eigenvalue weighted by molar-refractivity contribution is -0.143. The quantitative estimate of drug-likeness (QED) is 0.0338. The predicted molar refractivity (Wildman–Crippen MR) is 534 cm³/mol. The third-order valence-corrected chi connectivity index (χ3v) is 16.1. The number of aliphatic hydroxyl groups is 1. The van der Waals surface area contributed by atoms with Gasteiger partial charge in [0.15, 0.2) is 0 Å². The Morgan fingerprint density at radius 1 is 0.188 bits per heavy atom. The van der Waals surface area contributed by atoms with Crippen LogP contribution in [0.25, 0.3) is 0 Å². The van der Waals surface area contributed by atoms with Crippen LogP contribution in [0.2, 0.25) is 0 Å². The highest BCUT2D eigenvalue weighted by molar-refractivity contribution is 5.87. The van der Waals surface area contributed by atoms with Crippen LogP contribution in [-0.2, 0) is 228 Å². The van der Waals surface area contributed by atoms with Gasteiger partial charge in [0, 0.05) is 36.5 Å². The fraction of sp³-hybridized carbons (Fsp3) is 0.827. The van der Waals surface area contributed by atoms with Crippen LogP contribution in [-0.4, -0.2) is 573 Å². The molecule has 0 aromatic carbocycles. The number of aliphatic carboxylic acids is 2. The molecular weight excluding hydrogens is 1990 g/mol. The first-order chi connectivity index (χ1) is 73.0. The SMILES string of the molecule is C=C(C)C(=O)OC.C=C(C)C(=O)OCCOCCOCCOCCOCCOCCOCCOC.C=CC(=O)OCCOCCO.C=CC(=O)OCCOCCOCCOCCOCCOCCOCCOCCOCC(=O)O.C=CC(=O)OCCOCCOCCOCCOCCOCCOCCOCCOCCOCCOCCOCCOCCOCCOCCOCCOCCOCCOCCOCCOCCC(=O)O. The number of rotatable bonds is 120. The molecule has 149 heavy (non-hydrogen) atoms. The zero-order valence-electron chi connectivity index (χ0n) is 89.2. The number of aliphatic hydroxyl groups excluding tert-OH is 1. The maximum atomic E-state index is 11.1. The Balaban J connectivity index is -0.000000714. The summed E-state index contributed by atoms with van der Waals surface area (Å²) in [5, 5.41) is 25.2. The Morgan fingerprint density at radius 3 is 0.456 bits per heavy atom. The van der Waals surface area contributed by atoms with E-state index in [4.69, 9.17) is 200 Å². The van der Waals surface area contributed by atoms with Gasteiger partial charge < -0.3 is 210 Å². The van der Waals surface area contributed by atoms with Gasteiger partial charge in [-0.05, 0) is 13.8 Å². The third-order valence-electron chi connectivity index (χ3n) is 16.1. The maximum Gasteiger partial charge on any atom is 0.333 e. The van der Waals surface area contributed by atoms with Crippen molar-refractivity contribution in [2.45, 2.75) is 20.3 Å². The second kappa shape index (κ2) is 140. The monoisotopic (exact) mass is 2180 g/mol. The highest BCUT2D eigenvalue weighted by Crippen LogP contribution is 1.98. The average Bonchev–Trinajstić information content (AvgIpc) is 1.01. The van der Waals surface area contributed by atoms with E-state index in [-0.39, 0.29) is 71.9 Å². The Morgan fingerprint density at radius 2 is 0.329 bits per heavy atom. The fourth-order valence-corrected chi connectivity index (χ4v) is 8.92. The molecule has 0 saturated carbocycles. The van der Waals surface area contributed by atoms with E-state index >= 15 is 0 Å². The Hall–Kier alpha value is -6.49. The van der Waals surface area contributed by atoms with E-state index in [9.17, 15) is 33.6 Å².